The number of ether oxygens (including phenoxy) is 5. The van der Waals surface area contributed by atoms with Crippen LogP contribution in [-0.2, 0) is 9.53 Å². The zero-order valence-corrected chi connectivity index (χ0v) is 17.7. The average Bonchev–Trinajstić information content (AvgIpc) is 2.77. The van der Waals surface area contributed by atoms with Crippen LogP contribution in [0, 0.1) is 0 Å². The highest BCUT2D eigenvalue weighted by Gasteiger charge is 2.15. The highest BCUT2D eigenvalue weighted by Crippen LogP contribution is 2.30. The van der Waals surface area contributed by atoms with Gasteiger partial charge in [0.25, 0.3) is 5.91 Å². The van der Waals surface area contributed by atoms with Crippen molar-refractivity contribution in [2.75, 3.05) is 39.9 Å². The molecule has 1 amide bonds. The minimum atomic E-state index is -0.652. The van der Waals surface area contributed by atoms with Crippen LogP contribution in [0.15, 0.2) is 36.4 Å². The van der Waals surface area contributed by atoms with E-state index < -0.39 is 18.5 Å². The lowest BCUT2D eigenvalue weighted by molar-refractivity contribution is -0.119. The fraction of sp³-hybridized carbons (Fsp3) is 0.364. The molecule has 2 aromatic rings. The van der Waals surface area contributed by atoms with Crippen molar-refractivity contribution >= 4 is 17.6 Å². The maximum absolute atomic E-state index is 12.3. The zero-order valence-electron chi connectivity index (χ0n) is 17.7. The molecule has 0 spiro atoms. The van der Waals surface area contributed by atoms with Crippen LogP contribution >= 0.6 is 0 Å². The van der Waals surface area contributed by atoms with Crippen molar-refractivity contribution in [3.8, 4) is 23.0 Å². The molecule has 8 nitrogen and oxygen atoms in total. The van der Waals surface area contributed by atoms with Crippen molar-refractivity contribution in [3.05, 3.63) is 42.0 Å². The highest BCUT2D eigenvalue weighted by atomic mass is 16.5. The first-order valence-corrected chi connectivity index (χ1v) is 9.52. The Labute approximate surface area is 176 Å². The smallest absolute Gasteiger partial charge is 0.338 e. The van der Waals surface area contributed by atoms with Crippen LogP contribution < -0.4 is 24.3 Å². The number of carbonyl (C=O) groups excluding carboxylic acids is 2. The Morgan fingerprint density at radius 2 is 1.63 bits per heavy atom. The molecule has 30 heavy (non-hydrogen) atoms. The normalized spacial score (nSPS) is 10.1. The lowest BCUT2D eigenvalue weighted by Crippen LogP contribution is -2.21. The number of carbonyl (C=O) groups is 2. The monoisotopic (exact) mass is 417 g/mol. The number of unbranched alkanes of at least 4 members (excludes halogenated alkanes) is 1. The third kappa shape index (κ3) is 6.30. The number of esters is 1. The predicted octanol–water partition coefficient (Wildman–Crippen LogP) is 3.69. The molecule has 1 N–H and O–H groups in total. The molecule has 0 aliphatic rings. The van der Waals surface area contributed by atoms with Crippen molar-refractivity contribution in [2.45, 2.75) is 19.8 Å². The Kier molecular flexibility index (Phi) is 8.80. The Bertz CT molecular complexity index is 867. The average molecular weight is 417 g/mol. The van der Waals surface area contributed by atoms with Crippen LogP contribution in [-0.4, -0.2) is 46.4 Å². The van der Waals surface area contributed by atoms with Gasteiger partial charge in [-0.25, -0.2) is 4.79 Å². The number of methoxy groups -OCH3 is 3. The van der Waals surface area contributed by atoms with Crippen molar-refractivity contribution in [1.82, 2.24) is 0 Å². The SMILES string of the molecule is CCCCOc1ccc(C(=O)OCC(=O)Nc2cc(OC)ccc2OC)cc1OC. The summed E-state index contributed by atoms with van der Waals surface area (Å²) in [6.45, 7) is 2.17. The van der Waals surface area contributed by atoms with Gasteiger partial charge in [0.05, 0.1) is 39.2 Å². The largest absolute Gasteiger partial charge is 0.497 e. The van der Waals surface area contributed by atoms with Gasteiger partial charge in [0.15, 0.2) is 18.1 Å². The van der Waals surface area contributed by atoms with E-state index in [1.54, 1.807) is 30.3 Å². The zero-order chi connectivity index (χ0) is 21.9. The van der Waals surface area contributed by atoms with Crippen LogP contribution in [0.5, 0.6) is 23.0 Å². The number of hydrogen-bond acceptors (Lipinski definition) is 7. The number of benzene rings is 2. The van der Waals surface area contributed by atoms with E-state index in [0.717, 1.165) is 12.8 Å². The standard InChI is InChI=1S/C22H27NO7/c1-5-6-11-29-19-9-7-15(12-20(19)28-4)22(25)30-14-21(24)23-17-13-16(26-2)8-10-18(17)27-3/h7-10,12-13H,5-6,11,14H2,1-4H3,(H,23,24). The molecular formula is C22H27NO7. The summed E-state index contributed by atoms with van der Waals surface area (Å²) < 4.78 is 26.4. The Balaban J connectivity index is 1.97. The molecule has 0 unspecified atom stereocenters. The number of hydrogen-bond donors (Lipinski definition) is 1. The molecule has 8 heteroatoms. The number of rotatable bonds is 11. The summed E-state index contributed by atoms with van der Waals surface area (Å²) in [5.74, 6) is 0.814. The summed E-state index contributed by atoms with van der Waals surface area (Å²) in [5.41, 5.74) is 0.662. The van der Waals surface area contributed by atoms with Crippen LogP contribution in [0.25, 0.3) is 0 Å². The molecule has 0 saturated carbocycles. The van der Waals surface area contributed by atoms with E-state index in [4.69, 9.17) is 23.7 Å². The number of anilines is 1. The maximum Gasteiger partial charge on any atom is 0.338 e. The van der Waals surface area contributed by atoms with Crippen molar-refractivity contribution in [2.24, 2.45) is 0 Å². The van der Waals surface area contributed by atoms with E-state index in [2.05, 4.69) is 12.2 Å². The first-order valence-electron chi connectivity index (χ1n) is 9.52. The summed E-state index contributed by atoms with van der Waals surface area (Å²) in [7, 11) is 4.50. The highest BCUT2D eigenvalue weighted by molar-refractivity contribution is 5.96. The first-order chi connectivity index (χ1) is 14.5. The predicted molar refractivity (Wildman–Crippen MR) is 112 cm³/mol. The van der Waals surface area contributed by atoms with Gasteiger partial charge in [-0.3, -0.25) is 4.79 Å². The van der Waals surface area contributed by atoms with E-state index in [-0.39, 0.29) is 5.56 Å². The molecule has 0 aliphatic heterocycles. The van der Waals surface area contributed by atoms with Gasteiger partial charge in [0.2, 0.25) is 0 Å². The van der Waals surface area contributed by atoms with Crippen molar-refractivity contribution in [3.63, 3.8) is 0 Å². The first kappa shape index (κ1) is 22.9. The summed E-state index contributed by atoms with van der Waals surface area (Å²) in [6, 6.07) is 9.71. The molecule has 0 bridgehead atoms. The van der Waals surface area contributed by atoms with Gasteiger partial charge in [-0.1, -0.05) is 13.3 Å². The Morgan fingerprint density at radius 3 is 2.30 bits per heavy atom. The third-order valence-corrected chi connectivity index (χ3v) is 4.17. The second kappa shape index (κ2) is 11.5. The second-order valence-electron chi connectivity index (χ2n) is 6.26. The molecule has 0 aliphatic carbocycles. The Morgan fingerprint density at radius 1 is 0.900 bits per heavy atom. The quantitative estimate of drug-likeness (QED) is 0.440. The van der Waals surface area contributed by atoms with E-state index in [0.29, 0.717) is 35.3 Å². The van der Waals surface area contributed by atoms with Gasteiger partial charge >= 0.3 is 5.97 Å². The summed E-state index contributed by atoms with van der Waals surface area (Å²) in [6.07, 6.45) is 1.93. The van der Waals surface area contributed by atoms with Crippen LogP contribution in [0.4, 0.5) is 5.69 Å². The molecule has 0 heterocycles. The van der Waals surface area contributed by atoms with Gasteiger partial charge in [-0.2, -0.15) is 0 Å². The van der Waals surface area contributed by atoms with Crippen LogP contribution in [0.3, 0.4) is 0 Å². The summed E-state index contributed by atoms with van der Waals surface area (Å²) >= 11 is 0. The van der Waals surface area contributed by atoms with Crippen molar-refractivity contribution < 1.29 is 33.3 Å². The van der Waals surface area contributed by atoms with E-state index in [1.165, 1.54) is 27.4 Å². The Hall–Kier alpha value is -3.42. The number of nitrogens with one attached hydrogen (secondary N) is 1. The molecule has 2 aromatic carbocycles. The van der Waals surface area contributed by atoms with Crippen LogP contribution in [0.1, 0.15) is 30.1 Å². The van der Waals surface area contributed by atoms with Crippen molar-refractivity contribution in [1.29, 1.82) is 0 Å². The molecule has 162 valence electrons. The second-order valence-corrected chi connectivity index (χ2v) is 6.26. The molecular weight excluding hydrogens is 390 g/mol. The molecule has 0 radical (unpaired) electrons. The van der Waals surface area contributed by atoms with Gasteiger partial charge in [0, 0.05) is 6.07 Å². The van der Waals surface area contributed by atoms with Gasteiger partial charge in [-0.15, -0.1) is 0 Å². The molecule has 0 fully saturated rings. The molecule has 2 rings (SSSR count). The minimum Gasteiger partial charge on any atom is -0.497 e. The lowest BCUT2D eigenvalue weighted by atomic mass is 10.2. The fourth-order valence-corrected chi connectivity index (χ4v) is 2.55. The van der Waals surface area contributed by atoms with E-state index in [1.807, 2.05) is 0 Å². The number of amides is 1. The molecule has 0 saturated heterocycles. The third-order valence-electron chi connectivity index (χ3n) is 4.17. The summed E-state index contributed by atoms with van der Waals surface area (Å²) in [5, 5.41) is 2.64. The molecule has 0 aromatic heterocycles. The van der Waals surface area contributed by atoms with Gasteiger partial charge in [0.1, 0.15) is 11.5 Å². The maximum atomic E-state index is 12.3. The topological polar surface area (TPSA) is 92.3 Å². The van der Waals surface area contributed by atoms with Gasteiger partial charge < -0.3 is 29.0 Å². The molecule has 0 atom stereocenters. The van der Waals surface area contributed by atoms with Gasteiger partial charge in [-0.05, 0) is 36.8 Å². The minimum absolute atomic E-state index is 0.251. The van der Waals surface area contributed by atoms with Crippen LogP contribution in [0.2, 0.25) is 0 Å². The lowest BCUT2D eigenvalue weighted by Gasteiger charge is -2.13. The fourth-order valence-electron chi connectivity index (χ4n) is 2.55. The summed E-state index contributed by atoms with van der Waals surface area (Å²) in [4.78, 5) is 24.5. The van der Waals surface area contributed by atoms with E-state index >= 15 is 0 Å². The van der Waals surface area contributed by atoms with E-state index in [9.17, 15) is 9.59 Å².